The zero-order valence-corrected chi connectivity index (χ0v) is 11.1. The number of nitrogens with two attached hydrogens (primary N) is 1. The molecule has 1 aromatic carbocycles. The van der Waals surface area contributed by atoms with E-state index in [0.717, 1.165) is 9.21 Å². The highest BCUT2D eigenvalue weighted by Gasteiger charge is 2.14. The van der Waals surface area contributed by atoms with Gasteiger partial charge in [-0.2, -0.15) is 0 Å². The third-order valence-corrected chi connectivity index (χ3v) is 4.08. The summed E-state index contributed by atoms with van der Waals surface area (Å²) >= 11 is 13.2. The van der Waals surface area contributed by atoms with E-state index in [2.05, 4.69) is 0 Å². The molecule has 17 heavy (non-hydrogen) atoms. The minimum absolute atomic E-state index is 0.0997. The molecule has 1 aromatic heterocycles. The van der Waals surface area contributed by atoms with Gasteiger partial charge < -0.3 is 5.73 Å². The van der Waals surface area contributed by atoms with Crippen LogP contribution >= 0.6 is 34.5 Å². The van der Waals surface area contributed by atoms with Crippen LogP contribution in [0.25, 0.3) is 0 Å². The number of halogens is 3. The van der Waals surface area contributed by atoms with Gasteiger partial charge in [-0.1, -0.05) is 35.3 Å². The number of hydrogen-bond donors (Lipinski definition) is 1. The smallest absolute Gasteiger partial charge is 0.142 e. The summed E-state index contributed by atoms with van der Waals surface area (Å²) in [6, 6.07) is 8.08. The van der Waals surface area contributed by atoms with Crippen LogP contribution in [0.5, 0.6) is 0 Å². The summed E-state index contributed by atoms with van der Waals surface area (Å²) in [4.78, 5) is 1.06. The first-order valence-corrected chi connectivity index (χ1v) is 6.59. The van der Waals surface area contributed by atoms with E-state index in [4.69, 9.17) is 28.9 Å². The standard InChI is InChI=1S/C12H10Cl2FNS/c13-11-5-4-7(17-11)6-10(16)8-2-1-3-9(15)12(8)14/h1-5,10H,6,16H2. The Morgan fingerprint density at radius 3 is 2.65 bits per heavy atom. The number of benzene rings is 1. The van der Waals surface area contributed by atoms with Crippen molar-refractivity contribution in [1.82, 2.24) is 0 Å². The molecule has 2 N–H and O–H groups in total. The second kappa shape index (κ2) is 5.36. The lowest BCUT2D eigenvalue weighted by Crippen LogP contribution is -2.13. The Labute approximate surface area is 113 Å². The van der Waals surface area contributed by atoms with Crippen molar-refractivity contribution >= 4 is 34.5 Å². The highest BCUT2D eigenvalue weighted by Crippen LogP contribution is 2.29. The van der Waals surface area contributed by atoms with Gasteiger partial charge in [0.25, 0.3) is 0 Å². The van der Waals surface area contributed by atoms with Crippen LogP contribution in [0, 0.1) is 5.82 Å². The fourth-order valence-corrected chi connectivity index (χ4v) is 3.01. The molecule has 0 fully saturated rings. The van der Waals surface area contributed by atoms with Gasteiger partial charge in [-0.05, 0) is 23.8 Å². The second-order valence-corrected chi connectivity index (χ2v) is 5.84. The van der Waals surface area contributed by atoms with Crippen molar-refractivity contribution in [2.45, 2.75) is 12.5 Å². The normalized spacial score (nSPS) is 12.7. The van der Waals surface area contributed by atoms with Crippen LogP contribution in [0.4, 0.5) is 4.39 Å². The Kier molecular flexibility index (Phi) is 4.05. The summed E-state index contributed by atoms with van der Waals surface area (Å²) in [6.07, 6.45) is 0.598. The molecule has 1 atom stereocenters. The summed E-state index contributed by atoms with van der Waals surface area (Å²) in [5.41, 5.74) is 6.64. The van der Waals surface area contributed by atoms with Crippen LogP contribution in [-0.4, -0.2) is 0 Å². The predicted octanol–water partition coefficient (Wildman–Crippen LogP) is 4.44. The van der Waals surface area contributed by atoms with Crippen molar-refractivity contribution < 1.29 is 4.39 Å². The Hall–Kier alpha value is -0.610. The van der Waals surface area contributed by atoms with Gasteiger partial charge >= 0.3 is 0 Å². The fraction of sp³-hybridized carbons (Fsp3) is 0.167. The zero-order chi connectivity index (χ0) is 12.4. The molecule has 0 spiro atoms. The maximum Gasteiger partial charge on any atom is 0.142 e. The van der Waals surface area contributed by atoms with Gasteiger partial charge in [-0.15, -0.1) is 11.3 Å². The van der Waals surface area contributed by atoms with Crippen LogP contribution in [-0.2, 0) is 6.42 Å². The highest BCUT2D eigenvalue weighted by atomic mass is 35.5. The fourth-order valence-electron chi connectivity index (χ4n) is 1.59. The lowest BCUT2D eigenvalue weighted by molar-refractivity contribution is 0.619. The molecule has 90 valence electrons. The van der Waals surface area contributed by atoms with Gasteiger partial charge in [0, 0.05) is 17.3 Å². The van der Waals surface area contributed by atoms with Gasteiger partial charge in [0.05, 0.1) is 9.36 Å². The summed E-state index contributed by atoms with van der Waals surface area (Å²) in [6.45, 7) is 0. The van der Waals surface area contributed by atoms with Crippen LogP contribution in [0.1, 0.15) is 16.5 Å². The van der Waals surface area contributed by atoms with Gasteiger partial charge in [-0.3, -0.25) is 0 Å². The maximum atomic E-state index is 13.3. The van der Waals surface area contributed by atoms with Crippen molar-refractivity contribution in [1.29, 1.82) is 0 Å². The molecule has 1 heterocycles. The molecule has 0 radical (unpaired) electrons. The van der Waals surface area contributed by atoms with E-state index in [1.54, 1.807) is 12.1 Å². The van der Waals surface area contributed by atoms with Crippen molar-refractivity contribution in [2.24, 2.45) is 5.73 Å². The molecule has 0 aliphatic heterocycles. The first-order valence-electron chi connectivity index (χ1n) is 5.01. The average Bonchev–Trinajstić information content (AvgIpc) is 2.68. The predicted molar refractivity (Wildman–Crippen MR) is 71.4 cm³/mol. The van der Waals surface area contributed by atoms with Gasteiger partial charge in [0.15, 0.2) is 0 Å². The van der Waals surface area contributed by atoms with Crippen molar-refractivity contribution in [2.75, 3.05) is 0 Å². The molecule has 1 unspecified atom stereocenters. The number of rotatable bonds is 3. The van der Waals surface area contributed by atoms with Crippen LogP contribution in [0.2, 0.25) is 9.36 Å². The third kappa shape index (κ3) is 2.99. The number of hydrogen-bond acceptors (Lipinski definition) is 2. The minimum Gasteiger partial charge on any atom is -0.324 e. The minimum atomic E-state index is -0.441. The molecule has 0 aliphatic rings. The van der Waals surface area contributed by atoms with Crippen molar-refractivity contribution in [3.05, 3.63) is 55.9 Å². The summed E-state index contributed by atoms with van der Waals surface area (Å²) in [5.74, 6) is -0.441. The lowest BCUT2D eigenvalue weighted by Gasteiger charge is -2.12. The summed E-state index contributed by atoms with van der Waals surface area (Å²) < 4.78 is 14.0. The SMILES string of the molecule is NC(Cc1ccc(Cl)s1)c1cccc(F)c1Cl. The van der Waals surface area contributed by atoms with Crippen LogP contribution < -0.4 is 5.73 Å². The van der Waals surface area contributed by atoms with E-state index >= 15 is 0 Å². The monoisotopic (exact) mass is 289 g/mol. The average molecular weight is 290 g/mol. The number of thiophene rings is 1. The van der Waals surface area contributed by atoms with Crippen molar-refractivity contribution in [3.8, 4) is 0 Å². The molecule has 5 heteroatoms. The Bertz CT molecular complexity index is 527. The molecule has 2 rings (SSSR count). The van der Waals surface area contributed by atoms with Gasteiger partial charge in [0.2, 0.25) is 0 Å². The highest BCUT2D eigenvalue weighted by molar-refractivity contribution is 7.16. The first-order chi connectivity index (χ1) is 8.08. The molecular weight excluding hydrogens is 280 g/mol. The Balaban J connectivity index is 2.20. The summed E-state index contributed by atoms with van der Waals surface area (Å²) in [7, 11) is 0. The van der Waals surface area contributed by atoms with Crippen LogP contribution in [0.3, 0.4) is 0 Å². The van der Waals surface area contributed by atoms with E-state index in [-0.39, 0.29) is 11.1 Å². The molecule has 0 saturated carbocycles. The quantitative estimate of drug-likeness (QED) is 0.888. The molecule has 0 saturated heterocycles. The van der Waals surface area contributed by atoms with E-state index in [1.807, 2.05) is 12.1 Å². The van der Waals surface area contributed by atoms with Crippen LogP contribution in [0.15, 0.2) is 30.3 Å². The van der Waals surface area contributed by atoms with Crippen molar-refractivity contribution in [3.63, 3.8) is 0 Å². The molecule has 0 bridgehead atoms. The largest absolute Gasteiger partial charge is 0.324 e. The van der Waals surface area contributed by atoms with Gasteiger partial charge in [0.1, 0.15) is 5.82 Å². The third-order valence-electron chi connectivity index (χ3n) is 2.43. The molecule has 0 aliphatic carbocycles. The molecular formula is C12H10Cl2FNS. The molecule has 2 aromatic rings. The first kappa shape index (κ1) is 12.8. The molecule has 1 nitrogen and oxygen atoms in total. The zero-order valence-electron chi connectivity index (χ0n) is 8.79. The lowest BCUT2D eigenvalue weighted by atomic mass is 10.0. The second-order valence-electron chi connectivity index (χ2n) is 3.66. The Morgan fingerprint density at radius 2 is 2.00 bits per heavy atom. The molecule has 0 amide bonds. The van der Waals surface area contributed by atoms with E-state index in [9.17, 15) is 4.39 Å². The van der Waals surface area contributed by atoms with Gasteiger partial charge in [-0.25, -0.2) is 4.39 Å². The maximum absolute atomic E-state index is 13.3. The Morgan fingerprint density at radius 1 is 1.24 bits per heavy atom. The van der Waals surface area contributed by atoms with E-state index in [0.29, 0.717) is 12.0 Å². The van der Waals surface area contributed by atoms with E-state index in [1.165, 1.54) is 17.4 Å². The van der Waals surface area contributed by atoms with E-state index < -0.39 is 5.82 Å². The topological polar surface area (TPSA) is 26.0 Å². The summed E-state index contributed by atoms with van der Waals surface area (Å²) in [5, 5.41) is 0.0997.